The highest BCUT2D eigenvalue weighted by atomic mass is 32.2. The molecule has 3 rings (SSSR count). The van der Waals surface area contributed by atoms with Gasteiger partial charge < -0.3 is 25.8 Å². The minimum Gasteiger partial charge on any atom is -0.484 e. The highest BCUT2D eigenvalue weighted by molar-refractivity contribution is 8.01. The van der Waals surface area contributed by atoms with Crippen LogP contribution in [0.15, 0.2) is 30.3 Å². The summed E-state index contributed by atoms with van der Waals surface area (Å²) in [6, 6.07) is 7.87. The van der Waals surface area contributed by atoms with Crippen molar-refractivity contribution in [3.8, 4) is 5.75 Å². The van der Waals surface area contributed by atoms with Crippen molar-refractivity contribution in [1.82, 2.24) is 10.2 Å². The summed E-state index contributed by atoms with van der Waals surface area (Å²) in [5, 5.41) is 11.6. The Morgan fingerprint density at radius 2 is 2.00 bits per heavy atom. The molecule has 8 nitrogen and oxygen atoms in total. The van der Waals surface area contributed by atoms with E-state index in [4.69, 9.17) is 10.5 Å². The normalized spacial score (nSPS) is 28.9. The number of fused-ring (bicyclic) bond motifs is 1. The Hall–Kier alpha value is -2.26. The third-order valence-corrected chi connectivity index (χ3v) is 6.36. The van der Waals surface area contributed by atoms with Gasteiger partial charge in [0.15, 0.2) is 12.1 Å². The van der Waals surface area contributed by atoms with Crippen LogP contribution in [0.25, 0.3) is 0 Å². The van der Waals surface area contributed by atoms with Crippen LogP contribution in [0.1, 0.15) is 13.8 Å². The Balaban J connectivity index is 1.71. The first-order valence-corrected chi connectivity index (χ1v) is 9.03. The smallest absolute Gasteiger partial charge is 0.327 e. The molecule has 9 heteroatoms. The zero-order valence-corrected chi connectivity index (χ0v) is 15.3. The first-order chi connectivity index (χ1) is 12.2. The molecule has 1 aromatic carbocycles. The standard InChI is InChI=1S/C17H21N3O5S/c1-16(2)12(13(22)23)20-14(24)17(9-18,15(20)26-16)19-11(21)8-25-10-6-4-3-5-7-10/h3-7,12,15H,8-9,18H2,1-2H3,(H,19,21)(H,22,23)/t12-,15+,17+/m0/s1. The maximum atomic E-state index is 12.7. The average Bonchev–Trinajstić information content (AvgIpc) is 2.88. The summed E-state index contributed by atoms with van der Waals surface area (Å²) >= 11 is 1.33. The van der Waals surface area contributed by atoms with Gasteiger partial charge in [-0.15, -0.1) is 11.8 Å². The molecule has 26 heavy (non-hydrogen) atoms. The molecule has 0 radical (unpaired) electrons. The Kier molecular flexibility index (Phi) is 4.61. The Bertz CT molecular complexity index is 741. The van der Waals surface area contributed by atoms with Gasteiger partial charge in [0.2, 0.25) is 0 Å². The Morgan fingerprint density at radius 3 is 2.58 bits per heavy atom. The number of β-lactam (4-membered cyclic amide) rings is 1. The fourth-order valence-corrected chi connectivity index (χ4v) is 5.14. The lowest BCUT2D eigenvalue weighted by Gasteiger charge is -2.52. The summed E-state index contributed by atoms with van der Waals surface area (Å²) in [5.41, 5.74) is 4.51. The summed E-state index contributed by atoms with van der Waals surface area (Å²) in [4.78, 5) is 37.9. The number of ether oxygens (including phenoxy) is 1. The summed E-state index contributed by atoms with van der Waals surface area (Å²) in [6.45, 7) is 3.16. The van der Waals surface area contributed by atoms with Crippen LogP contribution in [0.5, 0.6) is 5.75 Å². The van der Waals surface area contributed by atoms with Crippen LogP contribution in [0.4, 0.5) is 0 Å². The number of carbonyl (C=O) groups is 3. The maximum Gasteiger partial charge on any atom is 0.327 e. The van der Waals surface area contributed by atoms with E-state index in [1.54, 1.807) is 38.1 Å². The maximum absolute atomic E-state index is 12.7. The quantitative estimate of drug-likeness (QED) is 0.596. The van der Waals surface area contributed by atoms with Crippen molar-refractivity contribution < 1.29 is 24.2 Å². The van der Waals surface area contributed by atoms with E-state index in [0.29, 0.717) is 5.75 Å². The number of benzene rings is 1. The van der Waals surface area contributed by atoms with Crippen LogP contribution in [-0.4, -0.2) is 62.6 Å². The summed E-state index contributed by atoms with van der Waals surface area (Å²) in [7, 11) is 0. The van der Waals surface area contributed by atoms with Crippen molar-refractivity contribution in [1.29, 1.82) is 0 Å². The topological polar surface area (TPSA) is 122 Å². The van der Waals surface area contributed by atoms with Gasteiger partial charge in [-0.25, -0.2) is 4.79 Å². The number of thioether (sulfide) groups is 1. The second-order valence-electron chi connectivity index (χ2n) is 6.85. The van der Waals surface area contributed by atoms with E-state index in [1.165, 1.54) is 16.7 Å². The van der Waals surface area contributed by atoms with Crippen LogP contribution in [-0.2, 0) is 14.4 Å². The number of carbonyl (C=O) groups excluding carboxylic acids is 2. The van der Waals surface area contributed by atoms with Crippen molar-refractivity contribution >= 4 is 29.5 Å². The first kappa shape index (κ1) is 18.5. The van der Waals surface area contributed by atoms with Crippen LogP contribution >= 0.6 is 11.8 Å². The minimum absolute atomic E-state index is 0.112. The van der Waals surface area contributed by atoms with Crippen LogP contribution in [0.2, 0.25) is 0 Å². The van der Waals surface area contributed by atoms with Gasteiger partial charge in [-0.3, -0.25) is 9.59 Å². The molecule has 0 aliphatic carbocycles. The number of hydrogen-bond acceptors (Lipinski definition) is 6. The lowest BCUT2D eigenvalue weighted by molar-refractivity contribution is -0.168. The summed E-state index contributed by atoms with van der Waals surface area (Å²) in [5.74, 6) is -1.48. The SMILES string of the molecule is CC1(C)S[C@H]2N(C(=O)[C@@]2(CN)NC(=O)COc2ccccc2)[C@H]1C(=O)O. The number of rotatable bonds is 6. The van der Waals surface area contributed by atoms with Gasteiger partial charge in [0.05, 0.1) is 0 Å². The van der Waals surface area contributed by atoms with Crippen molar-refractivity contribution in [3.05, 3.63) is 30.3 Å². The highest BCUT2D eigenvalue weighted by Gasteiger charge is 2.71. The zero-order chi connectivity index (χ0) is 19.1. The second-order valence-corrected chi connectivity index (χ2v) is 8.59. The predicted octanol–water partition coefficient (Wildman–Crippen LogP) is 0.0260. The first-order valence-electron chi connectivity index (χ1n) is 8.15. The van der Waals surface area contributed by atoms with Gasteiger partial charge in [-0.2, -0.15) is 0 Å². The molecule has 2 amide bonds. The van der Waals surface area contributed by atoms with Crippen molar-refractivity contribution in [2.75, 3.05) is 13.2 Å². The van der Waals surface area contributed by atoms with Crippen molar-refractivity contribution in [2.45, 2.75) is 35.5 Å². The van der Waals surface area contributed by atoms with E-state index in [2.05, 4.69) is 5.32 Å². The molecule has 1 aromatic rings. The molecule has 0 unspecified atom stereocenters. The molecule has 2 heterocycles. The van der Waals surface area contributed by atoms with Gasteiger partial charge >= 0.3 is 5.97 Å². The van der Waals surface area contributed by atoms with Gasteiger partial charge in [-0.1, -0.05) is 18.2 Å². The molecular formula is C17H21N3O5S. The largest absolute Gasteiger partial charge is 0.484 e. The van der Waals surface area contributed by atoms with Crippen LogP contribution in [0.3, 0.4) is 0 Å². The molecular weight excluding hydrogens is 358 g/mol. The fraction of sp³-hybridized carbons (Fsp3) is 0.471. The number of aliphatic carboxylic acids is 1. The number of nitrogens with two attached hydrogens (primary N) is 1. The lowest BCUT2D eigenvalue weighted by Crippen LogP contribution is -2.82. The molecule has 2 saturated heterocycles. The van der Waals surface area contributed by atoms with E-state index in [0.717, 1.165) is 0 Å². The fourth-order valence-electron chi connectivity index (χ4n) is 3.43. The van der Waals surface area contributed by atoms with E-state index in [1.807, 2.05) is 6.07 Å². The molecule has 0 bridgehead atoms. The van der Waals surface area contributed by atoms with E-state index in [9.17, 15) is 19.5 Å². The number of amides is 2. The molecule has 2 fully saturated rings. The van der Waals surface area contributed by atoms with Crippen molar-refractivity contribution in [3.63, 3.8) is 0 Å². The number of nitrogens with zero attached hydrogens (tertiary/aromatic N) is 1. The average molecular weight is 379 g/mol. The second kappa shape index (κ2) is 6.48. The molecule has 2 aliphatic rings. The molecule has 0 spiro atoms. The van der Waals surface area contributed by atoms with Crippen LogP contribution < -0.4 is 15.8 Å². The number of carboxylic acid groups (broad SMARTS) is 1. The monoisotopic (exact) mass is 379 g/mol. The van der Waals surface area contributed by atoms with Gasteiger partial charge in [0.25, 0.3) is 11.8 Å². The van der Waals surface area contributed by atoms with E-state index in [-0.39, 0.29) is 13.2 Å². The number of hydrogen-bond donors (Lipinski definition) is 3. The number of nitrogens with one attached hydrogen (secondary N) is 1. The van der Waals surface area contributed by atoms with Crippen LogP contribution in [0, 0.1) is 0 Å². The minimum atomic E-state index is -1.30. The lowest BCUT2D eigenvalue weighted by atomic mass is 9.84. The molecule has 3 atom stereocenters. The van der Waals surface area contributed by atoms with Gasteiger partial charge in [-0.05, 0) is 26.0 Å². The third-order valence-electron chi connectivity index (χ3n) is 4.67. The van der Waals surface area contributed by atoms with E-state index >= 15 is 0 Å². The predicted molar refractivity (Wildman–Crippen MR) is 95.6 cm³/mol. The van der Waals surface area contributed by atoms with Gasteiger partial charge in [0, 0.05) is 11.3 Å². The highest BCUT2D eigenvalue weighted by Crippen LogP contribution is 2.54. The Morgan fingerprint density at radius 1 is 1.35 bits per heavy atom. The summed E-state index contributed by atoms with van der Waals surface area (Å²) < 4.78 is 4.71. The number of carboxylic acids is 1. The van der Waals surface area contributed by atoms with E-state index < -0.39 is 39.5 Å². The molecule has 2 aliphatic heterocycles. The third kappa shape index (κ3) is 2.80. The Labute approximate surface area is 155 Å². The summed E-state index contributed by atoms with van der Waals surface area (Å²) in [6.07, 6.45) is 0. The molecule has 4 N–H and O–H groups in total. The number of para-hydroxylation sites is 1. The van der Waals surface area contributed by atoms with Crippen molar-refractivity contribution in [2.24, 2.45) is 5.73 Å². The van der Waals surface area contributed by atoms with Gasteiger partial charge in [0.1, 0.15) is 17.2 Å². The molecule has 140 valence electrons. The zero-order valence-electron chi connectivity index (χ0n) is 14.5. The molecule has 0 aromatic heterocycles. The molecule has 0 saturated carbocycles.